The Hall–Kier alpha value is -3.38. The van der Waals surface area contributed by atoms with E-state index >= 15 is 0 Å². The van der Waals surface area contributed by atoms with E-state index in [1.165, 1.54) is 24.8 Å². The number of anilines is 1. The highest BCUT2D eigenvalue weighted by molar-refractivity contribution is 6.31. The fourth-order valence-corrected chi connectivity index (χ4v) is 5.76. The van der Waals surface area contributed by atoms with Crippen LogP contribution in [0.2, 0.25) is 5.02 Å². The number of carbonyl (C=O) groups is 2. The molecule has 0 saturated heterocycles. The predicted octanol–water partition coefficient (Wildman–Crippen LogP) is 5.74. The van der Waals surface area contributed by atoms with Gasteiger partial charge in [0.2, 0.25) is 0 Å². The van der Waals surface area contributed by atoms with Gasteiger partial charge in [-0.25, -0.2) is 9.18 Å². The molecule has 0 aromatic heterocycles. The Balaban J connectivity index is 1.29. The van der Waals surface area contributed by atoms with Gasteiger partial charge in [0.15, 0.2) is 0 Å². The van der Waals surface area contributed by atoms with Crippen LogP contribution < -0.4 is 10.2 Å². The second kappa shape index (κ2) is 8.34. The van der Waals surface area contributed by atoms with E-state index in [2.05, 4.69) is 16.3 Å². The van der Waals surface area contributed by atoms with Crippen molar-refractivity contribution < 1.29 is 18.7 Å². The zero-order valence-corrected chi connectivity index (χ0v) is 20.7. The quantitative estimate of drug-likeness (QED) is 0.435. The minimum atomic E-state index is -0.435. The van der Waals surface area contributed by atoms with Gasteiger partial charge in [-0.2, -0.15) is 0 Å². The van der Waals surface area contributed by atoms with Crippen molar-refractivity contribution in [1.29, 1.82) is 0 Å². The van der Waals surface area contributed by atoms with Crippen LogP contribution in [0.1, 0.15) is 63.1 Å². The molecule has 0 radical (unpaired) electrons. The van der Waals surface area contributed by atoms with Crippen LogP contribution in [0.5, 0.6) is 0 Å². The molecule has 1 heterocycles. The minimum Gasteiger partial charge on any atom is -0.465 e. The molecule has 6 rings (SSSR count). The monoisotopic (exact) mass is 504 g/mol. The van der Waals surface area contributed by atoms with Gasteiger partial charge >= 0.3 is 5.97 Å². The van der Waals surface area contributed by atoms with Gasteiger partial charge in [-0.15, -0.1) is 0 Å². The lowest BCUT2D eigenvalue weighted by atomic mass is 9.96. The highest BCUT2D eigenvalue weighted by atomic mass is 35.5. The van der Waals surface area contributed by atoms with Crippen LogP contribution in [-0.4, -0.2) is 25.5 Å². The maximum atomic E-state index is 13.7. The molecule has 1 spiro atoms. The summed E-state index contributed by atoms with van der Waals surface area (Å²) in [5.74, 6) is -0.862. The molecular weight excluding hydrogens is 479 g/mol. The first-order valence-electron chi connectivity index (χ1n) is 12.2. The average molecular weight is 505 g/mol. The van der Waals surface area contributed by atoms with E-state index < -0.39 is 5.54 Å². The maximum Gasteiger partial charge on any atom is 0.337 e. The largest absolute Gasteiger partial charge is 0.465 e. The molecule has 3 aromatic rings. The first-order chi connectivity index (χ1) is 17.3. The Labute approximate surface area is 214 Å². The van der Waals surface area contributed by atoms with Crippen LogP contribution >= 0.6 is 11.6 Å². The van der Waals surface area contributed by atoms with Crippen molar-refractivity contribution in [2.75, 3.05) is 18.6 Å². The topological polar surface area (TPSA) is 58.6 Å². The van der Waals surface area contributed by atoms with Crippen molar-refractivity contribution in [1.82, 2.24) is 5.32 Å². The van der Waals surface area contributed by atoms with Gasteiger partial charge in [-0.3, -0.25) is 4.79 Å². The van der Waals surface area contributed by atoms with Gasteiger partial charge < -0.3 is 15.0 Å². The van der Waals surface area contributed by atoms with Gasteiger partial charge in [0.05, 0.1) is 29.5 Å². The summed E-state index contributed by atoms with van der Waals surface area (Å²) in [5, 5.41) is 3.68. The third-order valence-corrected chi connectivity index (χ3v) is 8.20. The van der Waals surface area contributed by atoms with Crippen LogP contribution in [0.25, 0.3) is 0 Å². The summed E-state index contributed by atoms with van der Waals surface area (Å²) in [4.78, 5) is 27.7. The van der Waals surface area contributed by atoms with E-state index in [1.807, 2.05) is 24.3 Å². The number of halogens is 2. The zero-order valence-electron chi connectivity index (χ0n) is 19.9. The third kappa shape index (κ3) is 3.84. The SMILES string of the molecule is COC(=O)c1ccc(C2(NC(=O)c3cccc4c3N(Cc3ccc(F)cc3Cl)CC43CC3)CC2)cc1. The van der Waals surface area contributed by atoms with Crippen LogP contribution in [-0.2, 0) is 22.2 Å². The number of hydrogen-bond donors (Lipinski definition) is 1. The lowest BCUT2D eigenvalue weighted by Gasteiger charge is -2.24. The van der Waals surface area contributed by atoms with Gasteiger partial charge in [0.25, 0.3) is 5.91 Å². The molecule has 7 heteroatoms. The molecule has 0 unspecified atom stereocenters. The van der Waals surface area contributed by atoms with Gasteiger partial charge in [-0.1, -0.05) is 41.9 Å². The summed E-state index contributed by atoms with van der Waals surface area (Å²) in [5.41, 5.74) is 4.74. The maximum absolute atomic E-state index is 13.7. The second-order valence-electron chi connectivity index (χ2n) is 10.2. The van der Waals surface area contributed by atoms with Crippen LogP contribution in [0, 0.1) is 5.82 Å². The Kier molecular flexibility index (Phi) is 5.34. The van der Waals surface area contributed by atoms with E-state index in [4.69, 9.17) is 16.3 Å². The summed E-state index contributed by atoms with van der Waals surface area (Å²) in [7, 11) is 1.36. The zero-order chi connectivity index (χ0) is 25.1. The summed E-state index contributed by atoms with van der Waals surface area (Å²) in [6, 6.07) is 17.7. The molecule has 5 nitrogen and oxygen atoms in total. The molecule has 2 saturated carbocycles. The Bertz CT molecular complexity index is 1380. The third-order valence-electron chi connectivity index (χ3n) is 7.85. The van der Waals surface area contributed by atoms with Crippen molar-refractivity contribution in [2.45, 2.75) is 43.2 Å². The van der Waals surface area contributed by atoms with Crippen molar-refractivity contribution in [3.63, 3.8) is 0 Å². The second-order valence-corrected chi connectivity index (χ2v) is 10.6. The number of para-hydroxylation sites is 1. The summed E-state index contributed by atoms with van der Waals surface area (Å²) in [6.45, 7) is 1.33. The highest BCUT2D eigenvalue weighted by Crippen LogP contribution is 2.58. The van der Waals surface area contributed by atoms with Gasteiger partial charge in [0.1, 0.15) is 5.82 Å². The molecule has 36 heavy (non-hydrogen) atoms. The summed E-state index contributed by atoms with van der Waals surface area (Å²) in [6.07, 6.45) is 3.86. The molecule has 3 aliphatic rings. The molecule has 1 amide bonds. The molecule has 0 bridgehead atoms. The fraction of sp³-hybridized carbons (Fsp3) is 0.310. The molecule has 3 aromatic carbocycles. The van der Waals surface area contributed by atoms with Gasteiger partial charge in [0, 0.05) is 23.5 Å². The Morgan fingerprint density at radius 1 is 1.06 bits per heavy atom. The first kappa shape index (κ1) is 23.0. The van der Waals surface area contributed by atoms with Crippen LogP contribution in [0.15, 0.2) is 60.7 Å². The van der Waals surface area contributed by atoms with Crippen molar-refractivity contribution in [3.05, 3.63) is 99.3 Å². The molecule has 2 aliphatic carbocycles. The number of ether oxygens (including phenoxy) is 1. The molecular formula is C29H26ClFN2O3. The summed E-state index contributed by atoms with van der Waals surface area (Å²) < 4.78 is 18.4. The predicted molar refractivity (Wildman–Crippen MR) is 136 cm³/mol. The number of nitrogens with one attached hydrogen (secondary N) is 1. The average Bonchev–Trinajstić information content (AvgIpc) is 3.80. The number of nitrogens with zero attached hydrogens (tertiary/aromatic N) is 1. The molecule has 0 atom stereocenters. The number of carbonyl (C=O) groups excluding carboxylic acids is 2. The standard InChI is InChI=1S/C29H26ClFN2O3/c1-36-27(35)18-5-8-20(9-6-18)29(13-14-29)32-26(34)22-3-2-4-23-25(22)33(17-28(23)11-12-28)16-19-7-10-21(31)15-24(19)30/h2-10,15H,11-14,16-17H2,1H3,(H,32,34). The van der Waals surface area contributed by atoms with E-state index in [1.54, 1.807) is 18.2 Å². The number of hydrogen-bond acceptors (Lipinski definition) is 4. The van der Waals surface area contributed by atoms with Crippen molar-refractivity contribution in [2.24, 2.45) is 0 Å². The number of fused-ring (bicyclic) bond motifs is 2. The Morgan fingerprint density at radius 2 is 1.81 bits per heavy atom. The highest BCUT2D eigenvalue weighted by Gasteiger charge is 2.53. The molecule has 1 aliphatic heterocycles. The number of rotatable bonds is 6. The number of methoxy groups -OCH3 is 1. The van der Waals surface area contributed by atoms with E-state index in [0.29, 0.717) is 22.7 Å². The molecule has 2 fully saturated rings. The molecule has 184 valence electrons. The summed E-state index contributed by atoms with van der Waals surface area (Å²) >= 11 is 6.35. The number of amides is 1. The lowest BCUT2D eigenvalue weighted by Crippen LogP contribution is -2.36. The molecule has 1 N–H and O–H groups in total. The number of esters is 1. The normalized spacial score (nSPS) is 18.0. The fourth-order valence-electron chi connectivity index (χ4n) is 5.53. The van der Waals surface area contributed by atoms with E-state index in [-0.39, 0.29) is 23.1 Å². The van der Waals surface area contributed by atoms with Gasteiger partial charge in [-0.05, 0) is 72.7 Å². The minimum absolute atomic E-state index is 0.0825. The van der Waals surface area contributed by atoms with E-state index in [0.717, 1.165) is 49.0 Å². The first-order valence-corrected chi connectivity index (χ1v) is 12.6. The van der Waals surface area contributed by atoms with Crippen molar-refractivity contribution in [3.8, 4) is 0 Å². The lowest BCUT2D eigenvalue weighted by molar-refractivity contribution is 0.0600. The van der Waals surface area contributed by atoms with Crippen LogP contribution in [0.3, 0.4) is 0 Å². The van der Waals surface area contributed by atoms with Crippen LogP contribution in [0.4, 0.5) is 10.1 Å². The smallest absolute Gasteiger partial charge is 0.337 e. The van der Waals surface area contributed by atoms with Crippen molar-refractivity contribution >= 4 is 29.2 Å². The number of benzene rings is 3. The van der Waals surface area contributed by atoms with E-state index in [9.17, 15) is 14.0 Å². The Morgan fingerprint density at radius 3 is 2.44 bits per heavy atom.